The topological polar surface area (TPSA) is 87.2 Å². The number of methoxy groups -OCH3 is 1. The number of benzene rings is 2. The van der Waals surface area contributed by atoms with Crippen LogP contribution in [0.2, 0.25) is 0 Å². The normalized spacial score (nSPS) is 11.3. The molecule has 28 heavy (non-hydrogen) atoms. The van der Waals surface area contributed by atoms with Gasteiger partial charge in [-0.25, -0.2) is 9.98 Å². The van der Waals surface area contributed by atoms with Crippen LogP contribution in [0.1, 0.15) is 18.3 Å². The van der Waals surface area contributed by atoms with Gasteiger partial charge < -0.3 is 15.4 Å². The SMILES string of the molecule is CCNC(=NCc1nc(-c2ccc(OC)cc2)n[nH]1)NCCc1ccccc1. The summed E-state index contributed by atoms with van der Waals surface area (Å²) >= 11 is 0. The smallest absolute Gasteiger partial charge is 0.191 e. The molecule has 0 aliphatic carbocycles. The minimum absolute atomic E-state index is 0.420. The number of hydrogen-bond acceptors (Lipinski definition) is 4. The van der Waals surface area contributed by atoms with Crippen molar-refractivity contribution in [3.8, 4) is 17.1 Å². The van der Waals surface area contributed by atoms with Crippen LogP contribution in [0.5, 0.6) is 5.75 Å². The molecule has 3 rings (SSSR count). The van der Waals surface area contributed by atoms with E-state index in [-0.39, 0.29) is 0 Å². The van der Waals surface area contributed by atoms with Gasteiger partial charge in [0.25, 0.3) is 0 Å². The first kappa shape index (κ1) is 19.4. The fourth-order valence-corrected chi connectivity index (χ4v) is 2.70. The summed E-state index contributed by atoms with van der Waals surface area (Å²) in [6, 6.07) is 18.0. The van der Waals surface area contributed by atoms with Crippen molar-refractivity contribution in [2.75, 3.05) is 20.2 Å². The van der Waals surface area contributed by atoms with E-state index >= 15 is 0 Å². The lowest BCUT2D eigenvalue weighted by molar-refractivity contribution is 0.415. The van der Waals surface area contributed by atoms with Gasteiger partial charge >= 0.3 is 0 Å². The van der Waals surface area contributed by atoms with Crippen molar-refractivity contribution in [1.29, 1.82) is 0 Å². The second-order valence-corrected chi connectivity index (χ2v) is 6.19. The van der Waals surface area contributed by atoms with E-state index in [1.807, 2.05) is 37.3 Å². The number of nitrogens with zero attached hydrogens (tertiary/aromatic N) is 3. The van der Waals surface area contributed by atoms with Gasteiger partial charge in [0, 0.05) is 18.7 Å². The van der Waals surface area contributed by atoms with E-state index in [2.05, 4.69) is 55.1 Å². The van der Waals surface area contributed by atoms with Gasteiger partial charge in [-0.1, -0.05) is 30.3 Å². The summed E-state index contributed by atoms with van der Waals surface area (Å²) in [7, 11) is 1.65. The third-order valence-corrected chi connectivity index (χ3v) is 4.16. The van der Waals surface area contributed by atoms with Crippen molar-refractivity contribution in [3.05, 3.63) is 66.0 Å². The highest BCUT2D eigenvalue weighted by molar-refractivity contribution is 5.79. The third kappa shape index (κ3) is 5.57. The highest BCUT2D eigenvalue weighted by Crippen LogP contribution is 2.18. The fourth-order valence-electron chi connectivity index (χ4n) is 2.70. The van der Waals surface area contributed by atoms with Crippen LogP contribution in [0, 0.1) is 0 Å². The van der Waals surface area contributed by atoms with E-state index in [1.54, 1.807) is 7.11 Å². The number of aromatic amines is 1. The Labute approximate surface area is 165 Å². The van der Waals surface area contributed by atoms with Gasteiger partial charge in [-0.15, -0.1) is 0 Å². The Hall–Kier alpha value is -3.35. The van der Waals surface area contributed by atoms with Crippen LogP contribution in [0.25, 0.3) is 11.4 Å². The number of H-pyrrole nitrogens is 1. The van der Waals surface area contributed by atoms with Gasteiger partial charge in [-0.3, -0.25) is 5.10 Å². The maximum Gasteiger partial charge on any atom is 0.191 e. The molecule has 7 heteroatoms. The van der Waals surface area contributed by atoms with Crippen molar-refractivity contribution in [2.24, 2.45) is 4.99 Å². The fraction of sp³-hybridized carbons (Fsp3) is 0.286. The van der Waals surface area contributed by atoms with Crippen molar-refractivity contribution in [1.82, 2.24) is 25.8 Å². The summed E-state index contributed by atoms with van der Waals surface area (Å²) in [6.45, 7) is 4.07. The van der Waals surface area contributed by atoms with Crippen molar-refractivity contribution in [2.45, 2.75) is 19.9 Å². The Balaban J connectivity index is 1.57. The summed E-state index contributed by atoms with van der Waals surface area (Å²) in [6.07, 6.45) is 0.940. The molecular weight excluding hydrogens is 352 g/mol. The van der Waals surface area contributed by atoms with Crippen LogP contribution in [-0.2, 0) is 13.0 Å². The lowest BCUT2D eigenvalue weighted by Crippen LogP contribution is -2.38. The first-order valence-electron chi connectivity index (χ1n) is 9.40. The quantitative estimate of drug-likeness (QED) is 0.414. The van der Waals surface area contributed by atoms with E-state index in [1.165, 1.54) is 5.56 Å². The first-order valence-corrected chi connectivity index (χ1v) is 9.40. The van der Waals surface area contributed by atoms with Crippen LogP contribution in [0.4, 0.5) is 0 Å². The van der Waals surface area contributed by atoms with Gasteiger partial charge in [-0.2, -0.15) is 5.10 Å². The van der Waals surface area contributed by atoms with E-state index < -0.39 is 0 Å². The summed E-state index contributed by atoms with van der Waals surface area (Å²) in [5.41, 5.74) is 2.23. The van der Waals surface area contributed by atoms with Crippen LogP contribution in [-0.4, -0.2) is 41.3 Å². The summed E-state index contributed by atoms with van der Waals surface area (Å²) < 4.78 is 5.18. The van der Waals surface area contributed by atoms with Crippen LogP contribution in [0.3, 0.4) is 0 Å². The molecule has 7 nitrogen and oxygen atoms in total. The monoisotopic (exact) mass is 378 g/mol. The number of nitrogens with one attached hydrogen (secondary N) is 3. The lowest BCUT2D eigenvalue weighted by Gasteiger charge is -2.10. The van der Waals surface area contributed by atoms with Crippen LogP contribution < -0.4 is 15.4 Å². The molecular formula is C21H26N6O. The number of ether oxygens (including phenoxy) is 1. The molecule has 0 unspecified atom stereocenters. The van der Waals surface area contributed by atoms with E-state index in [4.69, 9.17) is 4.74 Å². The summed E-state index contributed by atoms with van der Waals surface area (Å²) in [4.78, 5) is 9.12. The molecule has 0 fully saturated rings. The van der Waals surface area contributed by atoms with E-state index in [0.29, 0.717) is 18.2 Å². The average Bonchev–Trinajstić information content (AvgIpc) is 3.22. The Morgan fingerprint density at radius 3 is 2.57 bits per heavy atom. The zero-order valence-corrected chi connectivity index (χ0v) is 16.3. The Morgan fingerprint density at radius 2 is 1.86 bits per heavy atom. The molecule has 1 heterocycles. The summed E-state index contributed by atoms with van der Waals surface area (Å²) in [5, 5.41) is 13.8. The highest BCUT2D eigenvalue weighted by Gasteiger charge is 2.06. The number of guanidine groups is 1. The molecule has 3 N–H and O–H groups in total. The maximum absolute atomic E-state index is 5.18. The lowest BCUT2D eigenvalue weighted by atomic mass is 10.1. The van der Waals surface area contributed by atoms with Crippen LogP contribution >= 0.6 is 0 Å². The summed E-state index contributed by atoms with van der Waals surface area (Å²) in [5.74, 6) is 2.93. The van der Waals surface area contributed by atoms with E-state index in [0.717, 1.165) is 36.8 Å². The van der Waals surface area contributed by atoms with Gasteiger partial charge in [0.05, 0.1) is 7.11 Å². The first-order chi connectivity index (χ1) is 13.8. The predicted molar refractivity (Wildman–Crippen MR) is 111 cm³/mol. The van der Waals surface area contributed by atoms with E-state index in [9.17, 15) is 0 Å². The zero-order chi connectivity index (χ0) is 19.6. The Morgan fingerprint density at radius 1 is 1.07 bits per heavy atom. The van der Waals surface area contributed by atoms with Gasteiger partial charge in [0.2, 0.25) is 0 Å². The Kier molecular flexibility index (Phi) is 7.01. The average molecular weight is 378 g/mol. The molecule has 0 amide bonds. The van der Waals surface area contributed by atoms with Gasteiger partial charge in [0.15, 0.2) is 11.8 Å². The molecule has 0 bridgehead atoms. The molecule has 1 aromatic heterocycles. The molecule has 0 aliphatic rings. The molecule has 2 aromatic carbocycles. The highest BCUT2D eigenvalue weighted by atomic mass is 16.5. The molecule has 146 valence electrons. The van der Waals surface area contributed by atoms with Crippen molar-refractivity contribution < 1.29 is 4.74 Å². The number of hydrogen-bond donors (Lipinski definition) is 3. The molecule has 0 saturated carbocycles. The third-order valence-electron chi connectivity index (χ3n) is 4.16. The molecule has 3 aromatic rings. The second-order valence-electron chi connectivity index (χ2n) is 6.19. The standard InChI is InChI=1S/C21H26N6O/c1-3-22-21(23-14-13-16-7-5-4-6-8-16)24-15-19-25-20(27-26-19)17-9-11-18(28-2)12-10-17/h4-12H,3,13-15H2,1-2H3,(H2,22,23,24)(H,25,26,27). The van der Waals surface area contributed by atoms with Gasteiger partial charge in [-0.05, 0) is 43.2 Å². The zero-order valence-electron chi connectivity index (χ0n) is 16.3. The Bertz CT molecular complexity index is 873. The molecule has 0 aliphatic heterocycles. The largest absolute Gasteiger partial charge is 0.497 e. The minimum Gasteiger partial charge on any atom is -0.497 e. The number of aromatic nitrogens is 3. The number of aliphatic imine (C=N–C) groups is 1. The second kappa shape index (κ2) is 10.1. The molecule has 0 saturated heterocycles. The molecule has 0 atom stereocenters. The number of rotatable bonds is 8. The van der Waals surface area contributed by atoms with Crippen LogP contribution in [0.15, 0.2) is 59.6 Å². The maximum atomic E-state index is 5.18. The minimum atomic E-state index is 0.420. The van der Waals surface area contributed by atoms with Gasteiger partial charge in [0.1, 0.15) is 18.1 Å². The molecule has 0 radical (unpaired) electrons. The van der Waals surface area contributed by atoms with Crippen molar-refractivity contribution >= 4 is 5.96 Å². The predicted octanol–water partition coefficient (Wildman–Crippen LogP) is 2.78. The van der Waals surface area contributed by atoms with Crippen molar-refractivity contribution in [3.63, 3.8) is 0 Å². The molecule has 0 spiro atoms.